The van der Waals surface area contributed by atoms with Gasteiger partial charge in [0, 0.05) is 23.3 Å². The van der Waals surface area contributed by atoms with Crippen LogP contribution in [-0.4, -0.2) is 29.8 Å². The molecule has 2 aromatic rings. The van der Waals surface area contributed by atoms with Gasteiger partial charge in [0.15, 0.2) is 6.61 Å². The molecule has 0 aliphatic carbocycles. The zero-order chi connectivity index (χ0) is 17.4. The number of rotatable bonds is 8. The van der Waals surface area contributed by atoms with E-state index >= 15 is 0 Å². The number of ether oxygens (including phenoxy) is 1. The molecule has 0 spiro atoms. The molecule has 0 bridgehead atoms. The lowest BCUT2D eigenvalue weighted by Crippen LogP contribution is -2.42. The number of anilines is 1. The van der Waals surface area contributed by atoms with Crippen molar-refractivity contribution in [3.05, 3.63) is 60.2 Å². The molecular weight excluding hydrogens is 304 g/mol. The van der Waals surface area contributed by atoms with Gasteiger partial charge in [0.1, 0.15) is 5.75 Å². The summed E-state index contributed by atoms with van der Waals surface area (Å²) in [6.45, 7) is 4.36. The maximum Gasteiger partial charge on any atom is 0.262 e. The fourth-order valence-electron chi connectivity index (χ4n) is 2.04. The van der Waals surface area contributed by atoms with Crippen LogP contribution in [0.2, 0.25) is 0 Å². The van der Waals surface area contributed by atoms with E-state index in [0.717, 1.165) is 11.3 Å². The Morgan fingerprint density at radius 3 is 2.46 bits per heavy atom. The molecule has 1 amide bonds. The van der Waals surface area contributed by atoms with Crippen LogP contribution < -0.4 is 15.4 Å². The summed E-state index contributed by atoms with van der Waals surface area (Å²) < 4.78 is 5.66. The summed E-state index contributed by atoms with van der Waals surface area (Å²) >= 11 is 0. The van der Waals surface area contributed by atoms with Crippen LogP contribution in [0.5, 0.6) is 5.75 Å². The summed E-state index contributed by atoms with van der Waals surface area (Å²) in [5.41, 5.74) is 1.30. The Kier molecular flexibility index (Phi) is 6.35. The van der Waals surface area contributed by atoms with Crippen LogP contribution >= 0.6 is 0 Å². The minimum absolute atomic E-state index is 0.0372. The fourth-order valence-corrected chi connectivity index (χ4v) is 2.04. The number of aliphatic hydroxyl groups excluding tert-OH is 1. The van der Waals surface area contributed by atoms with Crippen molar-refractivity contribution in [2.24, 2.45) is 0 Å². The van der Waals surface area contributed by atoms with Crippen LogP contribution in [0.4, 0.5) is 5.69 Å². The number of benzene rings is 2. The Labute approximate surface area is 142 Å². The molecule has 128 valence electrons. The molecule has 0 heterocycles. The van der Waals surface area contributed by atoms with Crippen LogP contribution in [0.25, 0.3) is 0 Å². The molecule has 0 unspecified atom stereocenters. The van der Waals surface area contributed by atoms with E-state index in [1.165, 1.54) is 0 Å². The Morgan fingerprint density at radius 1 is 1.08 bits per heavy atom. The molecule has 5 nitrogen and oxygen atoms in total. The van der Waals surface area contributed by atoms with Gasteiger partial charge in [-0.25, -0.2) is 0 Å². The van der Waals surface area contributed by atoms with Crippen LogP contribution in [0, 0.1) is 0 Å². The number of carbonyl (C=O) groups is 1. The molecule has 2 aromatic carbocycles. The van der Waals surface area contributed by atoms with Crippen LogP contribution in [0.3, 0.4) is 0 Å². The lowest BCUT2D eigenvalue weighted by molar-refractivity contribution is -0.118. The normalized spacial score (nSPS) is 11.1. The topological polar surface area (TPSA) is 70.6 Å². The third-order valence-corrected chi connectivity index (χ3v) is 3.54. The Balaban J connectivity index is 1.91. The van der Waals surface area contributed by atoms with E-state index in [-0.39, 0.29) is 24.7 Å². The van der Waals surface area contributed by atoms with E-state index in [9.17, 15) is 9.90 Å². The maximum atomic E-state index is 12.0. The molecule has 0 aliphatic rings. The average Bonchev–Trinajstić information content (AvgIpc) is 2.60. The van der Waals surface area contributed by atoms with Crippen molar-refractivity contribution >= 4 is 11.6 Å². The maximum absolute atomic E-state index is 12.0. The molecule has 2 rings (SSSR count). The largest absolute Gasteiger partial charge is 0.483 e. The molecule has 5 heteroatoms. The highest BCUT2D eigenvalue weighted by molar-refractivity contribution is 5.91. The first-order valence-corrected chi connectivity index (χ1v) is 7.92. The lowest BCUT2D eigenvalue weighted by atomic mass is 10.1. The third kappa shape index (κ3) is 5.68. The Morgan fingerprint density at radius 2 is 1.75 bits per heavy atom. The second-order valence-electron chi connectivity index (χ2n) is 6.21. The second-order valence-corrected chi connectivity index (χ2v) is 6.21. The van der Waals surface area contributed by atoms with Crippen molar-refractivity contribution < 1.29 is 14.6 Å². The number of amides is 1. The first-order valence-electron chi connectivity index (χ1n) is 7.92. The first kappa shape index (κ1) is 18.0. The van der Waals surface area contributed by atoms with Gasteiger partial charge in [0.05, 0.1) is 6.61 Å². The predicted molar refractivity (Wildman–Crippen MR) is 95.0 cm³/mol. The highest BCUT2D eigenvalue weighted by atomic mass is 16.5. The number of nitrogens with one attached hydrogen (secondary N) is 2. The summed E-state index contributed by atoms with van der Waals surface area (Å²) in [4.78, 5) is 12.0. The molecule has 3 N–H and O–H groups in total. The Bertz CT molecular complexity index is 657. The zero-order valence-electron chi connectivity index (χ0n) is 14.1. The van der Waals surface area contributed by atoms with Crippen LogP contribution in [0.15, 0.2) is 54.6 Å². The minimum Gasteiger partial charge on any atom is -0.483 e. The van der Waals surface area contributed by atoms with Gasteiger partial charge in [0.25, 0.3) is 5.91 Å². The van der Waals surface area contributed by atoms with Crippen LogP contribution in [0.1, 0.15) is 19.4 Å². The monoisotopic (exact) mass is 328 g/mol. The standard InChI is InChI=1S/C19H24N2O3/c1-19(2,14-22)20-12-15-8-6-7-11-17(15)24-13-18(23)21-16-9-4-3-5-10-16/h3-11,20,22H,12-14H2,1-2H3,(H,21,23). The van der Waals surface area contributed by atoms with E-state index in [1.54, 1.807) is 0 Å². The fraction of sp³-hybridized carbons (Fsp3) is 0.316. The number of aliphatic hydroxyl groups is 1. The quantitative estimate of drug-likeness (QED) is 0.696. The summed E-state index contributed by atoms with van der Waals surface area (Å²) in [7, 11) is 0. The third-order valence-electron chi connectivity index (χ3n) is 3.54. The van der Waals surface area contributed by atoms with Crippen molar-refractivity contribution in [3.8, 4) is 5.75 Å². The summed E-state index contributed by atoms with van der Waals surface area (Å²) in [6, 6.07) is 16.8. The molecule has 0 saturated heterocycles. The van der Waals surface area contributed by atoms with E-state index in [0.29, 0.717) is 12.3 Å². The molecule has 0 radical (unpaired) electrons. The molecule has 0 fully saturated rings. The van der Waals surface area contributed by atoms with E-state index in [2.05, 4.69) is 10.6 Å². The number of hydrogen-bond acceptors (Lipinski definition) is 4. The highest BCUT2D eigenvalue weighted by Crippen LogP contribution is 2.19. The highest BCUT2D eigenvalue weighted by Gasteiger charge is 2.16. The lowest BCUT2D eigenvalue weighted by Gasteiger charge is -2.24. The number of para-hydroxylation sites is 2. The SMILES string of the molecule is CC(C)(CO)NCc1ccccc1OCC(=O)Nc1ccccc1. The zero-order valence-corrected chi connectivity index (χ0v) is 14.1. The summed E-state index contributed by atoms with van der Waals surface area (Å²) in [5, 5.41) is 15.4. The van der Waals surface area contributed by atoms with Gasteiger partial charge in [-0.05, 0) is 32.0 Å². The number of hydrogen-bond donors (Lipinski definition) is 3. The Hall–Kier alpha value is -2.37. The molecule has 0 aromatic heterocycles. The molecular formula is C19H24N2O3. The van der Waals surface area contributed by atoms with Gasteiger partial charge in [-0.15, -0.1) is 0 Å². The predicted octanol–water partition coefficient (Wildman–Crippen LogP) is 2.56. The van der Waals surface area contributed by atoms with Crippen molar-refractivity contribution in [2.75, 3.05) is 18.5 Å². The smallest absolute Gasteiger partial charge is 0.262 e. The van der Waals surface area contributed by atoms with Gasteiger partial charge >= 0.3 is 0 Å². The van der Waals surface area contributed by atoms with E-state index in [4.69, 9.17) is 4.74 Å². The summed E-state index contributed by atoms with van der Waals surface area (Å²) in [6.07, 6.45) is 0. The molecule has 0 saturated carbocycles. The van der Waals surface area contributed by atoms with Gasteiger partial charge in [-0.1, -0.05) is 36.4 Å². The first-order chi connectivity index (χ1) is 11.5. The van der Waals surface area contributed by atoms with E-state index in [1.807, 2.05) is 68.4 Å². The molecule has 24 heavy (non-hydrogen) atoms. The van der Waals surface area contributed by atoms with E-state index < -0.39 is 0 Å². The van der Waals surface area contributed by atoms with Crippen molar-refractivity contribution in [3.63, 3.8) is 0 Å². The average molecular weight is 328 g/mol. The molecule has 0 atom stereocenters. The van der Waals surface area contributed by atoms with Crippen molar-refractivity contribution in [2.45, 2.75) is 25.9 Å². The van der Waals surface area contributed by atoms with Crippen molar-refractivity contribution in [1.82, 2.24) is 5.32 Å². The van der Waals surface area contributed by atoms with Gasteiger partial charge in [-0.2, -0.15) is 0 Å². The number of carbonyl (C=O) groups excluding carboxylic acids is 1. The van der Waals surface area contributed by atoms with Crippen molar-refractivity contribution in [1.29, 1.82) is 0 Å². The van der Waals surface area contributed by atoms with Gasteiger partial charge in [0.2, 0.25) is 0 Å². The summed E-state index contributed by atoms with van der Waals surface area (Å²) in [5.74, 6) is 0.446. The second kappa shape index (κ2) is 8.47. The minimum atomic E-state index is -0.377. The molecule has 0 aliphatic heterocycles. The van der Waals surface area contributed by atoms with Gasteiger partial charge < -0.3 is 20.5 Å². The van der Waals surface area contributed by atoms with Gasteiger partial charge in [-0.3, -0.25) is 4.79 Å². The van der Waals surface area contributed by atoms with Crippen LogP contribution in [-0.2, 0) is 11.3 Å².